The Kier molecular flexibility index (Phi) is 5.12. The van der Waals surface area contributed by atoms with Crippen molar-refractivity contribution in [3.05, 3.63) is 29.8 Å². The van der Waals surface area contributed by atoms with E-state index in [4.69, 9.17) is 0 Å². The predicted octanol–water partition coefficient (Wildman–Crippen LogP) is 2.89. The number of likely N-dealkylation sites (tertiary alicyclic amines) is 1. The highest BCUT2D eigenvalue weighted by molar-refractivity contribution is 7.93. The molecule has 0 saturated carbocycles. The summed E-state index contributed by atoms with van der Waals surface area (Å²) in [4.78, 5) is 14.2. The number of sulfonamides is 1. The van der Waals surface area contributed by atoms with Crippen molar-refractivity contribution in [2.24, 2.45) is 0 Å². The van der Waals surface area contributed by atoms with E-state index in [0.29, 0.717) is 0 Å². The maximum Gasteiger partial charge on any atom is 0.516 e. The monoisotopic (exact) mass is 364 g/mol. The second-order valence-corrected chi connectivity index (χ2v) is 7.64. The molecule has 24 heavy (non-hydrogen) atoms. The minimum Gasteiger partial charge on any atom is -0.337 e. The van der Waals surface area contributed by atoms with Crippen LogP contribution in [-0.4, -0.2) is 36.8 Å². The van der Waals surface area contributed by atoms with Crippen molar-refractivity contribution in [3.8, 4) is 0 Å². The first-order valence-electron chi connectivity index (χ1n) is 7.51. The Balaban J connectivity index is 2.22. The van der Waals surface area contributed by atoms with Crippen LogP contribution < -0.4 is 4.72 Å². The molecule has 0 aromatic heterocycles. The van der Waals surface area contributed by atoms with Gasteiger partial charge in [0.05, 0.1) is 12.1 Å². The number of nitrogens with zero attached hydrogens (tertiary/aromatic N) is 1. The van der Waals surface area contributed by atoms with Crippen LogP contribution in [0.1, 0.15) is 32.3 Å². The lowest BCUT2D eigenvalue weighted by Crippen LogP contribution is -2.39. The number of hydrogen-bond donors (Lipinski definition) is 1. The Morgan fingerprint density at radius 3 is 2.29 bits per heavy atom. The molecule has 134 valence electrons. The first kappa shape index (κ1) is 18.6. The summed E-state index contributed by atoms with van der Waals surface area (Å²) < 4.78 is 61.7. The maximum absolute atomic E-state index is 12.5. The molecule has 1 heterocycles. The number of rotatable bonds is 4. The number of alkyl halides is 3. The molecule has 1 aromatic carbocycles. The zero-order valence-electron chi connectivity index (χ0n) is 13.3. The van der Waals surface area contributed by atoms with Crippen LogP contribution in [0.5, 0.6) is 0 Å². The summed E-state index contributed by atoms with van der Waals surface area (Å²) in [5.41, 5.74) is -5.44. The van der Waals surface area contributed by atoms with Crippen molar-refractivity contribution in [2.45, 2.75) is 50.7 Å². The summed E-state index contributed by atoms with van der Waals surface area (Å²) >= 11 is 0. The molecule has 2 rings (SSSR count). The normalized spacial score (nSPS) is 21.8. The highest BCUT2D eigenvalue weighted by atomic mass is 32.2. The minimum absolute atomic E-state index is 0.0616. The van der Waals surface area contributed by atoms with Gasteiger partial charge < -0.3 is 4.90 Å². The van der Waals surface area contributed by atoms with Gasteiger partial charge in [-0.2, -0.15) is 21.6 Å². The Morgan fingerprint density at radius 1 is 1.21 bits per heavy atom. The van der Waals surface area contributed by atoms with Gasteiger partial charge in [0.1, 0.15) is 0 Å². The molecule has 0 aliphatic carbocycles. The fourth-order valence-electron chi connectivity index (χ4n) is 2.92. The molecular formula is C15H19F3N2O3S. The fraction of sp³-hybridized carbons (Fsp3) is 0.533. The van der Waals surface area contributed by atoms with Crippen LogP contribution in [0.15, 0.2) is 24.3 Å². The van der Waals surface area contributed by atoms with Crippen molar-refractivity contribution in [3.63, 3.8) is 0 Å². The van der Waals surface area contributed by atoms with Gasteiger partial charge in [0, 0.05) is 12.1 Å². The Labute approximate surface area is 138 Å². The quantitative estimate of drug-likeness (QED) is 0.893. The summed E-state index contributed by atoms with van der Waals surface area (Å²) in [5, 5.41) is 0. The summed E-state index contributed by atoms with van der Waals surface area (Å²) in [7, 11) is -5.52. The van der Waals surface area contributed by atoms with Crippen molar-refractivity contribution in [1.82, 2.24) is 4.90 Å². The van der Waals surface area contributed by atoms with Crippen LogP contribution in [0.25, 0.3) is 0 Å². The van der Waals surface area contributed by atoms with Crippen molar-refractivity contribution in [2.75, 3.05) is 4.72 Å². The zero-order chi connectivity index (χ0) is 18.1. The van der Waals surface area contributed by atoms with Gasteiger partial charge in [-0.1, -0.05) is 18.2 Å². The van der Waals surface area contributed by atoms with E-state index < -0.39 is 15.5 Å². The SMILES string of the molecule is CC1CCC(C)N1C(=O)Cc1ccccc1NS(=O)(=O)C(F)(F)F. The lowest BCUT2D eigenvalue weighted by atomic mass is 10.1. The Morgan fingerprint density at radius 2 is 1.75 bits per heavy atom. The molecule has 1 aliphatic heterocycles. The highest BCUT2D eigenvalue weighted by Crippen LogP contribution is 2.29. The highest BCUT2D eigenvalue weighted by Gasteiger charge is 2.46. The molecule has 1 N–H and O–H groups in total. The fourth-order valence-corrected chi connectivity index (χ4v) is 3.52. The maximum atomic E-state index is 12.5. The van der Waals surface area contributed by atoms with Crippen molar-refractivity contribution < 1.29 is 26.4 Å². The molecule has 0 bridgehead atoms. The molecule has 5 nitrogen and oxygen atoms in total. The largest absolute Gasteiger partial charge is 0.516 e. The van der Waals surface area contributed by atoms with Crippen molar-refractivity contribution in [1.29, 1.82) is 0 Å². The van der Waals surface area contributed by atoms with Gasteiger partial charge in [0.2, 0.25) is 5.91 Å². The molecule has 9 heteroatoms. The van der Waals surface area contributed by atoms with E-state index in [1.807, 2.05) is 13.8 Å². The van der Waals surface area contributed by atoms with Crippen molar-refractivity contribution >= 4 is 21.6 Å². The number of nitrogens with one attached hydrogen (secondary N) is 1. The molecular weight excluding hydrogens is 345 g/mol. The lowest BCUT2D eigenvalue weighted by Gasteiger charge is -2.26. The van der Waals surface area contributed by atoms with Gasteiger partial charge in [-0.15, -0.1) is 0 Å². The van der Waals surface area contributed by atoms with E-state index in [1.165, 1.54) is 22.9 Å². The number of para-hydroxylation sites is 1. The smallest absolute Gasteiger partial charge is 0.337 e. The van der Waals surface area contributed by atoms with E-state index >= 15 is 0 Å². The molecule has 1 aromatic rings. The van der Waals surface area contributed by atoms with Crippen LogP contribution in [0.3, 0.4) is 0 Å². The van der Waals surface area contributed by atoms with E-state index in [9.17, 15) is 26.4 Å². The summed E-state index contributed by atoms with van der Waals surface area (Å²) in [6.07, 6.45) is 1.58. The van der Waals surface area contributed by atoms with Gasteiger partial charge in [0.25, 0.3) is 0 Å². The van der Waals surface area contributed by atoms with E-state index in [2.05, 4.69) is 0 Å². The van der Waals surface area contributed by atoms with Crippen LogP contribution >= 0.6 is 0 Å². The Bertz CT molecular complexity index is 709. The third-order valence-corrected chi connectivity index (χ3v) is 5.25. The van der Waals surface area contributed by atoms with E-state index in [-0.39, 0.29) is 35.7 Å². The van der Waals surface area contributed by atoms with Crippen LogP contribution in [-0.2, 0) is 21.2 Å². The summed E-state index contributed by atoms with van der Waals surface area (Å²) in [5.74, 6) is -0.230. The molecule has 1 amide bonds. The molecule has 1 fully saturated rings. The second kappa shape index (κ2) is 6.62. The number of halogens is 3. The van der Waals surface area contributed by atoms with Gasteiger partial charge in [-0.05, 0) is 38.3 Å². The van der Waals surface area contributed by atoms with Gasteiger partial charge in [-0.3, -0.25) is 9.52 Å². The van der Waals surface area contributed by atoms with Gasteiger partial charge in [0.15, 0.2) is 0 Å². The summed E-state index contributed by atoms with van der Waals surface area (Å²) in [6, 6.07) is 5.73. The first-order valence-corrected chi connectivity index (χ1v) is 8.99. The van der Waals surface area contributed by atoms with Gasteiger partial charge >= 0.3 is 15.5 Å². The molecule has 0 spiro atoms. The third-order valence-electron chi connectivity index (χ3n) is 4.15. The summed E-state index contributed by atoms with van der Waals surface area (Å²) in [6.45, 7) is 3.83. The number of benzene rings is 1. The average Bonchev–Trinajstić information content (AvgIpc) is 2.78. The van der Waals surface area contributed by atoms with Gasteiger partial charge in [-0.25, -0.2) is 0 Å². The standard InChI is InChI=1S/C15H19F3N2O3S/c1-10-7-8-11(2)20(10)14(21)9-12-5-3-4-6-13(12)19-24(22,23)15(16,17)18/h3-6,10-11,19H,7-9H2,1-2H3. The molecule has 2 unspecified atom stereocenters. The minimum atomic E-state index is -5.52. The predicted molar refractivity (Wildman–Crippen MR) is 83.7 cm³/mol. The number of carbonyl (C=O) groups is 1. The number of anilines is 1. The molecule has 2 atom stereocenters. The van der Waals surface area contributed by atoms with Crippen LogP contribution in [0.4, 0.5) is 18.9 Å². The second-order valence-electron chi connectivity index (χ2n) is 5.96. The third kappa shape index (κ3) is 3.82. The topological polar surface area (TPSA) is 66.5 Å². The van der Waals surface area contributed by atoms with Crippen LogP contribution in [0, 0.1) is 0 Å². The lowest BCUT2D eigenvalue weighted by molar-refractivity contribution is -0.132. The molecule has 1 aliphatic rings. The average molecular weight is 364 g/mol. The van der Waals surface area contributed by atoms with E-state index in [1.54, 1.807) is 11.0 Å². The zero-order valence-corrected chi connectivity index (χ0v) is 14.1. The first-order chi connectivity index (χ1) is 11.0. The number of hydrogen-bond acceptors (Lipinski definition) is 3. The molecule has 0 radical (unpaired) electrons. The molecule has 1 saturated heterocycles. The van der Waals surface area contributed by atoms with Crippen LogP contribution in [0.2, 0.25) is 0 Å². The Hall–Kier alpha value is -1.77. The number of amides is 1. The van der Waals surface area contributed by atoms with E-state index in [0.717, 1.165) is 12.8 Å². The number of carbonyl (C=O) groups excluding carboxylic acids is 1.